The number of H-pyrrole nitrogens is 1. The highest BCUT2D eigenvalue weighted by Gasteiger charge is 2.28. The predicted molar refractivity (Wildman–Crippen MR) is 75.7 cm³/mol. The Kier molecular flexibility index (Phi) is 3.62. The molecule has 1 aromatic carbocycles. The van der Waals surface area contributed by atoms with Crippen molar-refractivity contribution in [1.29, 1.82) is 0 Å². The van der Waals surface area contributed by atoms with Gasteiger partial charge in [0.05, 0.1) is 24.3 Å². The summed E-state index contributed by atoms with van der Waals surface area (Å²) in [4.78, 5) is 31.6. The molecule has 0 radical (unpaired) electrons. The van der Waals surface area contributed by atoms with Gasteiger partial charge in [0.25, 0.3) is 5.56 Å². The number of ether oxygens (including phenoxy) is 1. The monoisotopic (exact) mass is 305 g/mol. The molecule has 0 unspecified atom stereocenters. The Morgan fingerprint density at radius 2 is 2.10 bits per heavy atom. The van der Waals surface area contributed by atoms with Crippen molar-refractivity contribution in [2.75, 3.05) is 0 Å². The first kappa shape index (κ1) is 13.6. The maximum absolute atomic E-state index is 12.0. The van der Waals surface area contributed by atoms with Gasteiger partial charge in [-0.3, -0.25) is 14.7 Å². The summed E-state index contributed by atoms with van der Waals surface area (Å²) in [6.45, 7) is 0.603. The lowest BCUT2D eigenvalue weighted by molar-refractivity contribution is 0.0952. The van der Waals surface area contributed by atoms with Crippen LogP contribution in [0.2, 0.25) is 5.28 Å². The molecule has 1 aliphatic heterocycles. The minimum absolute atomic E-state index is 0.0262. The molecule has 1 N–H and O–H groups in total. The van der Waals surface area contributed by atoms with Crippen LogP contribution in [0.15, 0.2) is 35.1 Å². The van der Waals surface area contributed by atoms with Gasteiger partial charge in [0, 0.05) is 0 Å². The van der Waals surface area contributed by atoms with Gasteiger partial charge in [-0.1, -0.05) is 30.3 Å². The van der Waals surface area contributed by atoms with E-state index in [2.05, 4.69) is 9.97 Å². The molecular formula is C14H12ClN3O3. The lowest BCUT2D eigenvalue weighted by Gasteiger charge is -2.14. The van der Waals surface area contributed by atoms with Gasteiger partial charge in [-0.05, 0) is 17.2 Å². The van der Waals surface area contributed by atoms with Crippen molar-refractivity contribution in [2.45, 2.75) is 19.7 Å². The van der Waals surface area contributed by atoms with Crippen LogP contribution in [0.1, 0.15) is 16.8 Å². The van der Waals surface area contributed by atoms with Crippen LogP contribution in [-0.2, 0) is 24.4 Å². The minimum Gasteiger partial charge on any atom is -0.445 e. The molecule has 0 bridgehead atoms. The highest BCUT2D eigenvalue weighted by molar-refractivity contribution is 6.28. The third-order valence-electron chi connectivity index (χ3n) is 3.23. The van der Waals surface area contributed by atoms with Crippen molar-refractivity contribution in [3.63, 3.8) is 0 Å². The number of aromatic nitrogens is 2. The summed E-state index contributed by atoms with van der Waals surface area (Å²) in [5.41, 5.74) is 1.56. The molecule has 108 valence electrons. The van der Waals surface area contributed by atoms with Crippen molar-refractivity contribution >= 4 is 17.7 Å². The Bertz CT molecular complexity index is 730. The first-order chi connectivity index (χ1) is 10.1. The molecule has 0 spiro atoms. The number of aromatic amines is 1. The average Bonchev–Trinajstić information content (AvgIpc) is 2.90. The van der Waals surface area contributed by atoms with Gasteiger partial charge >= 0.3 is 6.09 Å². The number of rotatable bonds is 2. The topological polar surface area (TPSA) is 75.3 Å². The minimum atomic E-state index is -0.479. The maximum Gasteiger partial charge on any atom is 0.410 e. The Morgan fingerprint density at radius 3 is 2.86 bits per heavy atom. The average molecular weight is 306 g/mol. The van der Waals surface area contributed by atoms with Crippen LogP contribution < -0.4 is 5.56 Å². The van der Waals surface area contributed by atoms with Crippen molar-refractivity contribution < 1.29 is 9.53 Å². The summed E-state index contributed by atoms with van der Waals surface area (Å²) in [5, 5.41) is 0.0262. The summed E-state index contributed by atoms with van der Waals surface area (Å²) in [6.07, 6.45) is -0.479. The fourth-order valence-electron chi connectivity index (χ4n) is 2.18. The number of halogens is 1. The molecule has 0 saturated heterocycles. The maximum atomic E-state index is 12.0. The van der Waals surface area contributed by atoms with E-state index >= 15 is 0 Å². The molecule has 1 aliphatic rings. The van der Waals surface area contributed by atoms with Gasteiger partial charge in [-0.2, -0.15) is 0 Å². The zero-order valence-electron chi connectivity index (χ0n) is 11.0. The third kappa shape index (κ3) is 2.90. The first-order valence-corrected chi connectivity index (χ1v) is 6.74. The van der Waals surface area contributed by atoms with Gasteiger partial charge in [0.2, 0.25) is 5.28 Å². The van der Waals surface area contributed by atoms with Crippen molar-refractivity contribution in [3.05, 3.63) is 62.8 Å². The third-order valence-corrected chi connectivity index (χ3v) is 3.40. The number of carbonyl (C=O) groups is 1. The number of fused-ring (bicyclic) bond motifs is 1. The van der Waals surface area contributed by atoms with E-state index in [0.717, 1.165) is 5.56 Å². The molecule has 0 aliphatic carbocycles. The van der Waals surface area contributed by atoms with Crippen molar-refractivity contribution in [1.82, 2.24) is 14.9 Å². The van der Waals surface area contributed by atoms with Crippen LogP contribution >= 0.6 is 11.6 Å². The summed E-state index contributed by atoms with van der Waals surface area (Å²) >= 11 is 5.70. The largest absolute Gasteiger partial charge is 0.445 e. The van der Waals surface area contributed by atoms with Gasteiger partial charge in [0.1, 0.15) is 6.61 Å². The van der Waals surface area contributed by atoms with Crippen LogP contribution in [0.4, 0.5) is 4.79 Å². The fraction of sp³-hybridized carbons (Fsp3) is 0.214. The van der Waals surface area contributed by atoms with E-state index in [9.17, 15) is 9.59 Å². The molecule has 3 rings (SSSR count). The molecule has 0 saturated carbocycles. The van der Waals surface area contributed by atoms with Crippen LogP contribution in [0, 0.1) is 0 Å². The second-order valence-corrected chi connectivity index (χ2v) is 5.04. The highest BCUT2D eigenvalue weighted by Crippen LogP contribution is 2.19. The number of nitrogens with one attached hydrogen (secondary N) is 1. The Hall–Kier alpha value is -2.34. The quantitative estimate of drug-likeness (QED) is 0.862. The lowest BCUT2D eigenvalue weighted by atomic mass is 10.2. The second kappa shape index (κ2) is 5.57. The molecule has 2 aromatic rings. The SMILES string of the molecule is O=C(OCc1ccccc1)N1Cc2nc(Cl)[nH]c(=O)c2C1. The van der Waals surface area contributed by atoms with Gasteiger partial charge in [-0.25, -0.2) is 9.78 Å². The molecular weight excluding hydrogens is 294 g/mol. The zero-order valence-corrected chi connectivity index (χ0v) is 11.8. The molecule has 1 aromatic heterocycles. The standard InChI is InChI=1S/C14H12ClN3O3/c15-13-16-11-7-18(6-10(11)12(19)17-13)14(20)21-8-9-4-2-1-3-5-9/h1-5H,6-8H2,(H,16,17,19). The Morgan fingerprint density at radius 1 is 1.33 bits per heavy atom. The fourth-order valence-corrected chi connectivity index (χ4v) is 2.36. The molecule has 0 fully saturated rings. The zero-order chi connectivity index (χ0) is 14.8. The number of carbonyl (C=O) groups excluding carboxylic acids is 1. The van der Waals surface area contributed by atoms with E-state index in [4.69, 9.17) is 16.3 Å². The van der Waals surface area contributed by atoms with E-state index in [0.29, 0.717) is 11.3 Å². The summed E-state index contributed by atoms with van der Waals surface area (Å²) in [5.74, 6) is 0. The number of hydrogen-bond acceptors (Lipinski definition) is 4. The van der Waals surface area contributed by atoms with E-state index in [1.807, 2.05) is 30.3 Å². The predicted octanol–water partition coefficient (Wildman–Crippen LogP) is 2.08. The molecule has 21 heavy (non-hydrogen) atoms. The summed E-state index contributed by atoms with van der Waals surface area (Å²) in [7, 11) is 0. The van der Waals surface area contributed by atoms with E-state index < -0.39 is 6.09 Å². The number of nitrogens with zero attached hydrogens (tertiary/aromatic N) is 2. The second-order valence-electron chi connectivity index (χ2n) is 4.68. The number of amides is 1. The number of benzene rings is 1. The van der Waals surface area contributed by atoms with E-state index in [1.165, 1.54) is 4.90 Å². The highest BCUT2D eigenvalue weighted by atomic mass is 35.5. The van der Waals surface area contributed by atoms with Crippen LogP contribution in [-0.4, -0.2) is 21.0 Å². The van der Waals surface area contributed by atoms with Gasteiger partial charge in [-0.15, -0.1) is 0 Å². The van der Waals surface area contributed by atoms with Crippen LogP contribution in [0.3, 0.4) is 0 Å². The van der Waals surface area contributed by atoms with Gasteiger partial charge < -0.3 is 4.74 Å². The molecule has 7 heteroatoms. The molecule has 1 amide bonds. The Balaban J connectivity index is 1.66. The van der Waals surface area contributed by atoms with Crippen molar-refractivity contribution in [2.24, 2.45) is 0 Å². The Labute approximate surface area is 125 Å². The number of hydrogen-bond donors (Lipinski definition) is 1. The summed E-state index contributed by atoms with van der Waals surface area (Å²) in [6, 6.07) is 9.39. The first-order valence-electron chi connectivity index (χ1n) is 6.36. The normalized spacial score (nSPS) is 13.1. The van der Waals surface area contributed by atoms with Crippen LogP contribution in [0.5, 0.6) is 0 Å². The van der Waals surface area contributed by atoms with Crippen molar-refractivity contribution in [3.8, 4) is 0 Å². The lowest BCUT2D eigenvalue weighted by Crippen LogP contribution is -2.26. The van der Waals surface area contributed by atoms with E-state index in [-0.39, 0.29) is 30.5 Å². The van der Waals surface area contributed by atoms with E-state index in [1.54, 1.807) is 0 Å². The summed E-state index contributed by atoms with van der Waals surface area (Å²) < 4.78 is 5.23. The van der Waals surface area contributed by atoms with Gasteiger partial charge in [0.15, 0.2) is 0 Å². The molecule has 2 heterocycles. The molecule has 6 nitrogen and oxygen atoms in total. The molecule has 0 atom stereocenters. The van der Waals surface area contributed by atoms with Crippen LogP contribution in [0.25, 0.3) is 0 Å². The smallest absolute Gasteiger partial charge is 0.410 e.